The van der Waals surface area contributed by atoms with Gasteiger partial charge in [-0.25, -0.2) is 10.4 Å². The molecule has 1 heterocycles. The van der Waals surface area contributed by atoms with Crippen molar-refractivity contribution in [2.45, 2.75) is 5.16 Å². The van der Waals surface area contributed by atoms with Crippen LogP contribution in [0, 0.1) is 0 Å². The van der Waals surface area contributed by atoms with Crippen LogP contribution >= 0.6 is 11.8 Å². The Labute approximate surface area is 223 Å². The molecule has 0 fully saturated rings. The number of nitrogens with one attached hydrogen (secondary N) is 1. The van der Waals surface area contributed by atoms with Gasteiger partial charge in [-0.2, -0.15) is 5.10 Å². The van der Waals surface area contributed by atoms with Crippen LogP contribution in [0.5, 0.6) is 5.75 Å². The van der Waals surface area contributed by atoms with Crippen LogP contribution in [0.15, 0.2) is 118 Å². The van der Waals surface area contributed by atoms with Crippen LogP contribution in [0.4, 0.5) is 0 Å². The highest BCUT2D eigenvalue weighted by Gasteiger charge is 2.15. The molecular weight excluding hydrogens is 496 g/mol. The van der Waals surface area contributed by atoms with Gasteiger partial charge in [0.15, 0.2) is 5.16 Å². The number of hydrazone groups is 1. The summed E-state index contributed by atoms with van der Waals surface area (Å²) >= 11 is 1.17. The first-order chi connectivity index (χ1) is 18.6. The second-order valence-corrected chi connectivity index (χ2v) is 9.26. The van der Waals surface area contributed by atoms with Gasteiger partial charge in [-0.05, 0) is 53.1 Å². The number of hydrogen-bond acceptors (Lipinski definition) is 6. The topological polar surface area (TPSA) is 85.6 Å². The second-order valence-electron chi connectivity index (χ2n) is 8.32. The molecule has 0 aliphatic carbocycles. The molecule has 1 aromatic heterocycles. The first-order valence-electron chi connectivity index (χ1n) is 11.9. The van der Waals surface area contributed by atoms with Crippen molar-refractivity contribution in [3.63, 3.8) is 0 Å². The Hall–Kier alpha value is -4.69. The highest BCUT2D eigenvalue weighted by atomic mass is 32.2. The highest BCUT2D eigenvalue weighted by Crippen LogP contribution is 2.23. The third-order valence-corrected chi connectivity index (χ3v) is 6.77. The number of nitrogens with zero attached hydrogens (tertiary/aromatic N) is 3. The molecule has 0 bridgehead atoms. The van der Waals surface area contributed by atoms with Gasteiger partial charge in [-0.1, -0.05) is 78.5 Å². The normalized spacial score (nSPS) is 11.1. The van der Waals surface area contributed by atoms with Crippen LogP contribution in [0.3, 0.4) is 0 Å². The molecule has 1 amide bonds. The van der Waals surface area contributed by atoms with E-state index in [0.29, 0.717) is 27.5 Å². The van der Waals surface area contributed by atoms with E-state index in [9.17, 15) is 9.59 Å². The summed E-state index contributed by atoms with van der Waals surface area (Å²) in [6.07, 6.45) is 1.60. The van der Waals surface area contributed by atoms with Crippen LogP contribution in [-0.4, -0.2) is 34.5 Å². The van der Waals surface area contributed by atoms with Crippen molar-refractivity contribution in [2.24, 2.45) is 5.10 Å². The zero-order chi connectivity index (χ0) is 26.3. The molecular formula is C30H24N4O3S. The molecule has 0 spiro atoms. The molecule has 8 heteroatoms. The van der Waals surface area contributed by atoms with E-state index in [-0.39, 0.29) is 17.2 Å². The van der Waals surface area contributed by atoms with E-state index in [4.69, 9.17) is 4.74 Å². The van der Waals surface area contributed by atoms with E-state index in [2.05, 4.69) is 27.6 Å². The molecule has 5 aromatic rings. The zero-order valence-electron chi connectivity index (χ0n) is 20.6. The van der Waals surface area contributed by atoms with E-state index in [1.165, 1.54) is 16.3 Å². The molecule has 5 rings (SSSR count). The number of ether oxygens (including phenoxy) is 1. The molecule has 1 N–H and O–H groups in total. The number of para-hydroxylation sites is 1. The average molecular weight is 521 g/mol. The van der Waals surface area contributed by atoms with E-state index in [1.807, 2.05) is 48.5 Å². The maximum atomic E-state index is 13.3. The summed E-state index contributed by atoms with van der Waals surface area (Å²) in [6.45, 7) is 0. The van der Waals surface area contributed by atoms with Crippen molar-refractivity contribution < 1.29 is 9.53 Å². The molecule has 38 heavy (non-hydrogen) atoms. The lowest BCUT2D eigenvalue weighted by Crippen LogP contribution is -2.24. The van der Waals surface area contributed by atoms with E-state index in [0.717, 1.165) is 16.7 Å². The van der Waals surface area contributed by atoms with E-state index in [1.54, 1.807) is 55.8 Å². The fourth-order valence-electron chi connectivity index (χ4n) is 3.90. The first-order valence-corrected chi connectivity index (χ1v) is 12.9. The third-order valence-electron chi connectivity index (χ3n) is 5.83. The summed E-state index contributed by atoms with van der Waals surface area (Å²) < 4.78 is 6.75. The number of rotatable bonds is 8. The monoisotopic (exact) mass is 520 g/mol. The van der Waals surface area contributed by atoms with Crippen molar-refractivity contribution in [1.82, 2.24) is 15.0 Å². The summed E-state index contributed by atoms with van der Waals surface area (Å²) in [5.41, 5.74) is 6.65. The van der Waals surface area contributed by atoms with Crippen LogP contribution < -0.4 is 15.7 Å². The first kappa shape index (κ1) is 25.0. The Balaban J connectivity index is 1.29. The van der Waals surface area contributed by atoms with E-state index < -0.39 is 0 Å². The summed E-state index contributed by atoms with van der Waals surface area (Å²) in [7, 11) is 1.58. The minimum absolute atomic E-state index is 0.0330. The van der Waals surface area contributed by atoms with Crippen LogP contribution in [0.2, 0.25) is 0 Å². The number of hydrogen-bond donors (Lipinski definition) is 1. The minimum atomic E-state index is -0.309. The molecule has 0 radical (unpaired) electrons. The van der Waals surface area contributed by atoms with Gasteiger partial charge in [0.05, 0.1) is 35.7 Å². The van der Waals surface area contributed by atoms with Crippen LogP contribution in [0.25, 0.3) is 27.7 Å². The number of amides is 1. The smallest absolute Gasteiger partial charge is 0.266 e. The lowest BCUT2D eigenvalue weighted by Gasteiger charge is -2.13. The van der Waals surface area contributed by atoms with E-state index >= 15 is 0 Å². The molecule has 4 aromatic carbocycles. The molecule has 7 nitrogen and oxygen atoms in total. The molecule has 0 atom stereocenters. The summed E-state index contributed by atoms with van der Waals surface area (Å²) in [4.78, 5) is 30.6. The fourth-order valence-corrected chi connectivity index (χ4v) is 4.71. The SMILES string of the molecule is COc1ccc(-n2c(SCC(=O)N/N=C\c3ccc(-c4ccccc4)cc3)nc3ccccc3c2=O)cc1. The molecule has 0 saturated carbocycles. The predicted molar refractivity (Wildman–Crippen MR) is 152 cm³/mol. The van der Waals surface area contributed by atoms with Gasteiger partial charge in [-0.15, -0.1) is 0 Å². The number of carbonyl (C=O) groups excluding carboxylic acids is 1. The Morgan fingerprint density at radius 1 is 0.921 bits per heavy atom. The van der Waals surface area contributed by atoms with Gasteiger partial charge in [0.2, 0.25) is 0 Å². The summed E-state index contributed by atoms with van der Waals surface area (Å²) in [5.74, 6) is 0.401. The number of aromatic nitrogens is 2. The zero-order valence-corrected chi connectivity index (χ0v) is 21.4. The lowest BCUT2D eigenvalue weighted by molar-refractivity contribution is -0.118. The highest BCUT2D eigenvalue weighted by molar-refractivity contribution is 7.99. The Kier molecular flexibility index (Phi) is 7.61. The van der Waals surface area contributed by atoms with Gasteiger partial charge in [0.25, 0.3) is 11.5 Å². The summed E-state index contributed by atoms with van der Waals surface area (Å²) in [5, 5.41) is 4.99. The van der Waals surface area contributed by atoms with Crippen molar-refractivity contribution in [2.75, 3.05) is 12.9 Å². The van der Waals surface area contributed by atoms with Gasteiger partial charge >= 0.3 is 0 Å². The predicted octanol–water partition coefficient (Wildman–Crippen LogP) is 5.30. The van der Waals surface area contributed by atoms with Crippen molar-refractivity contribution in [3.8, 4) is 22.6 Å². The lowest BCUT2D eigenvalue weighted by atomic mass is 10.0. The van der Waals surface area contributed by atoms with Gasteiger partial charge in [-0.3, -0.25) is 14.2 Å². The summed E-state index contributed by atoms with van der Waals surface area (Å²) in [6, 6.07) is 32.3. The third kappa shape index (κ3) is 5.66. The molecule has 0 unspecified atom stereocenters. The average Bonchev–Trinajstić information content (AvgIpc) is 2.97. The van der Waals surface area contributed by atoms with Gasteiger partial charge in [0.1, 0.15) is 5.75 Å². The minimum Gasteiger partial charge on any atom is -0.497 e. The quantitative estimate of drug-likeness (QED) is 0.130. The van der Waals surface area contributed by atoms with Crippen LogP contribution in [0.1, 0.15) is 5.56 Å². The van der Waals surface area contributed by atoms with Crippen LogP contribution in [-0.2, 0) is 4.79 Å². The second kappa shape index (κ2) is 11.6. The Morgan fingerprint density at radius 2 is 1.61 bits per heavy atom. The van der Waals surface area contributed by atoms with Crippen molar-refractivity contribution in [1.29, 1.82) is 0 Å². The molecule has 0 aliphatic rings. The Bertz CT molecular complexity index is 1650. The molecule has 0 aliphatic heterocycles. The van der Waals surface area contributed by atoms with Crippen molar-refractivity contribution >= 4 is 34.8 Å². The molecule has 0 saturated heterocycles. The number of fused-ring (bicyclic) bond motifs is 1. The number of carbonyl (C=O) groups is 1. The van der Waals surface area contributed by atoms with Gasteiger partial charge in [0, 0.05) is 0 Å². The van der Waals surface area contributed by atoms with Crippen molar-refractivity contribution in [3.05, 3.63) is 119 Å². The number of benzene rings is 4. The maximum absolute atomic E-state index is 13.3. The maximum Gasteiger partial charge on any atom is 0.266 e. The standard InChI is InChI=1S/C30H24N4O3S/c1-37-25-17-15-24(16-18-25)34-29(36)26-9-5-6-10-27(26)32-30(34)38-20-28(35)33-31-19-21-11-13-23(14-12-21)22-7-3-2-4-8-22/h2-19H,20H2,1H3,(H,33,35)/b31-19-. The largest absolute Gasteiger partial charge is 0.497 e. The number of methoxy groups -OCH3 is 1. The Morgan fingerprint density at radius 3 is 2.34 bits per heavy atom. The molecule has 188 valence electrons. The fraction of sp³-hybridized carbons (Fsp3) is 0.0667. The number of thioether (sulfide) groups is 1. The van der Waals surface area contributed by atoms with Gasteiger partial charge < -0.3 is 4.74 Å².